The molecule has 1 aliphatic carbocycles. The second-order valence-corrected chi connectivity index (χ2v) is 10.1. The van der Waals surface area contributed by atoms with Crippen molar-refractivity contribution in [3.05, 3.63) is 47.5 Å². The maximum Gasteiger partial charge on any atom is 0.194 e. The van der Waals surface area contributed by atoms with E-state index in [1.165, 1.54) is 57.1 Å². The monoisotopic (exact) mass is 449 g/mol. The zero-order valence-corrected chi connectivity index (χ0v) is 20.3. The molecule has 178 valence electrons. The first-order valence-electron chi connectivity index (χ1n) is 12.9. The fourth-order valence-corrected chi connectivity index (χ4v) is 5.94. The third-order valence-electron chi connectivity index (χ3n) is 7.95. The van der Waals surface area contributed by atoms with Gasteiger partial charge in [0.05, 0.1) is 0 Å². The molecule has 3 heterocycles. The number of aryl methyl sites for hydroxylation is 1. The molecule has 2 aromatic rings. The topological polar surface area (TPSA) is 61.6 Å². The molecule has 3 aliphatic rings. The smallest absolute Gasteiger partial charge is 0.194 e. The minimum absolute atomic E-state index is 0.559. The van der Waals surface area contributed by atoms with Gasteiger partial charge in [-0.3, -0.25) is 4.90 Å². The normalized spacial score (nSPS) is 24.8. The largest absolute Gasteiger partial charge is 0.353 e. The first-order valence-corrected chi connectivity index (χ1v) is 12.9. The first-order chi connectivity index (χ1) is 16.2. The summed E-state index contributed by atoms with van der Waals surface area (Å²) in [7, 11) is 2.03. The van der Waals surface area contributed by atoms with E-state index in [1.807, 2.05) is 18.5 Å². The second kappa shape index (κ2) is 10.2. The van der Waals surface area contributed by atoms with Gasteiger partial charge in [0.2, 0.25) is 0 Å². The quantitative estimate of drug-likeness (QED) is 0.559. The Labute approximate surface area is 198 Å². The van der Waals surface area contributed by atoms with Crippen molar-refractivity contribution in [2.24, 2.45) is 18.0 Å². The van der Waals surface area contributed by atoms with Crippen molar-refractivity contribution >= 4 is 5.96 Å². The minimum atomic E-state index is 0.559. The molecule has 1 aromatic carbocycles. The summed E-state index contributed by atoms with van der Waals surface area (Å²) in [6.07, 6.45) is 9.00. The van der Waals surface area contributed by atoms with Crippen LogP contribution in [0.3, 0.4) is 0 Å². The lowest BCUT2D eigenvalue weighted by molar-refractivity contribution is 0.0370. The molecule has 0 amide bonds. The van der Waals surface area contributed by atoms with Gasteiger partial charge in [-0.25, -0.2) is 4.99 Å². The lowest BCUT2D eigenvalue weighted by Crippen LogP contribution is -2.57. The molecule has 7 nitrogen and oxygen atoms in total. The van der Waals surface area contributed by atoms with E-state index in [1.54, 1.807) is 0 Å². The molecule has 0 spiro atoms. The molecule has 7 heteroatoms. The zero-order chi connectivity index (χ0) is 22.6. The fourth-order valence-electron chi connectivity index (χ4n) is 5.94. The van der Waals surface area contributed by atoms with Crippen molar-refractivity contribution in [1.82, 2.24) is 29.9 Å². The van der Waals surface area contributed by atoms with E-state index in [2.05, 4.69) is 55.6 Å². The molecule has 0 radical (unpaired) electrons. The van der Waals surface area contributed by atoms with Gasteiger partial charge in [0.25, 0.3) is 0 Å². The lowest BCUT2D eigenvalue weighted by atomic mass is 9.83. The van der Waals surface area contributed by atoms with Crippen LogP contribution in [0.1, 0.15) is 62.2 Å². The number of fused-ring (bicyclic) bond motifs is 1. The van der Waals surface area contributed by atoms with E-state index in [4.69, 9.17) is 4.99 Å². The van der Waals surface area contributed by atoms with Crippen molar-refractivity contribution in [2.75, 3.05) is 19.6 Å². The van der Waals surface area contributed by atoms with Gasteiger partial charge in [-0.05, 0) is 57.1 Å². The van der Waals surface area contributed by atoms with Crippen LogP contribution in [0.5, 0.6) is 0 Å². The molecule has 2 saturated heterocycles. The van der Waals surface area contributed by atoms with Crippen LogP contribution in [-0.2, 0) is 20.1 Å². The Bertz CT molecular complexity index is 931. The third kappa shape index (κ3) is 5.24. The van der Waals surface area contributed by atoms with Crippen LogP contribution in [0.2, 0.25) is 0 Å². The maximum absolute atomic E-state index is 5.07. The molecule has 2 atom stereocenters. The molecule has 0 bridgehead atoms. The molecule has 2 unspecified atom stereocenters. The number of likely N-dealkylation sites (tertiary alicyclic amines) is 2. The maximum atomic E-state index is 5.07. The minimum Gasteiger partial charge on any atom is -0.353 e. The summed E-state index contributed by atoms with van der Waals surface area (Å²) < 4.78 is 2.05. The highest BCUT2D eigenvalue weighted by Crippen LogP contribution is 2.32. The predicted octanol–water partition coefficient (Wildman–Crippen LogP) is 3.50. The van der Waals surface area contributed by atoms with E-state index in [9.17, 15) is 0 Å². The average Bonchev–Trinajstić information content (AvgIpc) is 3.47. The van der Waals surface area contributed by atoms with E-state index < -0.39 is 0 Å². The van der Waals surface area contributed by atoms with Crippen LogP contribution in [0.25, 0.3) is 0 Å². The number of benzene rings is 1. The van der Waals surface area contributed by atoms with E-state index >= 15 is 0 Å². The highest BCUT2D eigenvalue weighted by atomic mass is 15.3. The van der Waals surface area contributed by atoms with Gasteiger partial charge in [0.1, 0.15) is 12.4 Å². The van der Waals surface area contributed by atoms with E-state index in [-0.39, 0.29) is 0 Å². The van der Waals surface area contributed by atoms with Crippen LogP contribution in [-0.4, -0.2) is 62.2 Å². The fraction of sp³-hybridized carbons (Fsp3) is 0.654. The van der Waals surface area contributed by atoms with Gasteiger partial charge < -0.3 is 14.8 Å². The number of nitrogens with one attached hydrogen (secondary N) is 1. The van der Waals surface area contributed by atoms with Crippen LogP contribution in [0.4, 0.5) is 0 Å². The summed E-state index contributed by atoms with van der Waals surface area (Å²) in [4.78, 5) is 10.4. The molecular formula is C26H39N7. The van der Waals surface area contributed by atoms with E-state index in [0.29, 0.717) is 24.5 Å². The summed E-state index contributed by atoms with van der Waals surface area (Å²) >= 11 is 0. The van der Waals surface area contributed by atoms with Gasteiger partial charge in [-0.1, -0.05) is 43.2 Å². The molecule has 1 N–H and O–H groups in total. The Balaban J connectivity index is 1.28. The predicted molar refractivity (Wildman–Crippen MR) is 132 cm³/mol. The number of aromatic nitrogens is 3. The highest BCUT2D eigenvalue weighted by molar-refractivity contribution is 5.80. The Kier molecular flexibility index (Phi) is 6.95. The van der Waals surface area contributed by atoms with Gasteiger partial charge in [-0.15, -0.1) is 10.2 Å². The summed E-state index contributed by atoms with van der Waals surface area (Å²) in [5.74, 6) is 3.66. The van der Waals surface area contributed by atoms with Gasteiger partial charge in [0, 0.05) is 38.8 Å². The number of rotatable bonds is 5. The molecule has 1 aromatic heterocycles. The summed E-state index contributed by atoms with van der Waals surface area (Å²) in [5, 5.41) is 12.4. The molecule has 33 heavy (non-hydrogen) atoms. The Morgan fingerprint density at radius 2 is 1.85 bits per heavy atom. The van der Waals surface area contributed by atoms with Crippen molar-refractivity contribution in [1.29, 1.82) is 0 Å². The van der Waals surface area contributed by atoms with E-state index in [0.717, 1.165) is 37.2 Å². The summed E-state index contributed by atoms with van der Waals surface area (Å²) in [6, 6.07) is 12.2. The molecule has 1 saturated carbocycles. The third-order valence-corrected chi connectivity index (χ3v) is 7.95. The number of aliphatic imine (C=N–C) groups is 1. The Morgan fingerprint density at radius 3 is 2.61 bits per heavy atom. The zero-order valence-electron chi connectivity index (χ0n) is 20.3. The number of nitrogens with zero attached hydrogens (tertiary/aromatic N) is 6. The number of hydrogen-bond donors (Lipinski definition) is 1. The first kappa shape index (κ1) is 22.4. The second-order valence-electron chi connectivity index (χ2n) is 10.1. The average molecular weight is 450 g/mol. The van der Waals surface area contributed by atoms with Crippen molar-refractivity contribution in [2.45, 2.75) is 77.0 Å². The highest BCUT2D eigenvalue weighted by Gasteiger charge is 2.37. The van der Waals surface area contributed by atoms with Crippen LogP contribution < -0.4 is 5.32 Å². The Morgan fingerprint density at radius 1 is 1.03 bits per heavy atom. The number of piperidine rings is 2. The van der Waals surface area contributed by atoms with Gasteiger partial charge in [0.15, 0.2) is 11.8 Å². The molecule has 2 aliphatic heterocycles. The standard InChI is InChI=1S/C26H39N7/c1-20-29-30-25(31(20)2)17-27-26(28-23-12-6-7-13-23)33-16-14-24-22(19-33)11-8-15-32(24)18-21-9-4-3-5-10-21/h3-5,9-10,22-24H,6-8,11-19H2,1-2H3,(H,27,28). The van der Waals surface area contributed by atoms with Crippen molar-refractivity contribution < 1.29 is 0 Å². The van der Waals surface area contributed by atoms with Crippen molar-refractivity contribution in [3.63, 3.8) is 0 Å². The van der Waals surface area contributed by atoms with Crippen molar-refractivity contribution in [3.8, 4) is 0 Å². The number of guanidine groups is 1. The molecule has 5 rings (SSSR count). The molecule has 3 fully saturated rings. The molecular weight excluding hydrogens is 410 g/mol. The van der Waals surface area contributed by atoms with Crippen LogP contribution in [0, 0.1) is 12.8 Å². The summed E-state index contributed by atoms with van der Waals surface area (Å²) in [5.41, 5.74) is 1.43. The van der Waals surface area contributed by atoms with Crippen LogP contribution >= 0.6 is 0 Å². The lowest BCUT2D eigenvalue weighted by Gasteiger charge is -2.48. The van der Waals surface area contributed by atoms with Gasteiger partial charge >= 0.3 is 0 Å². The Hall–Kier alpha value is -2.41. The summed E-state index contributed by atoms with van der Waals surface area (Å²) in [6.45, 7) is 7.05. The SMILES string of the molecule is Cc1nnc(CN=C(NC2CCCC2)N2CCC3C(CCCN3Cc3ccccc3)C2)n1C. The number of hydrogen-bond acceptors (Lipinski definition) is 4. The van der Waals surface area contributed by atoms with Gasteiger partial charge in [-0.2, -0.15) is 0 Å². The van der Waals surface area contributed by atoms with Crippen LogP contribution in [0.15, 0.2) is 35.3 Å².